The van der Waals surface area contributed by atoms with Crippen molar-refractivity contribution in [2.45, 2.75) is 12.2 Å². The van der Waals surface area contributed by atoms with Crippen LogP contribution in [0.2, 0.25) is 0 Å². The molecule has 1 aromatic heterocycles. The van der Waals surface area contributed by atoms with E-state index in [-0.39, 0.29) is 27.9 Å². The number of phenols is 1. The summed E-state index contributed by atoms with van der Waals surface area (Å²) < 4.78 is 22.6. The van der Waals surface area contributed by atoms with Crippen molar-refractivity contribution >= 4 is 21.9 Å². The van der Waals surface area contributed by atoms with E-state index >= 15 is 0 Å². The first-order valence-electron chi connectivity index (χ1n) is 7.47. The molecule has 2 aliphatic rings. The molecule has 0 unspecified atom stereocenters. The maximum Gasteiger partial charge on any atom is 0.250 e. The molecule has 0 amide bonds. The number of rotatable bonds is 1. The van der Waals surface area contributed by atoms with Crippen LogP contribution in [0.1, 0.15) is 11.5 Å². The van der Waals surface area contributed by atoms with Crippen molar-refractivity contribution in [2.75, 3.05) is 7.11 Å². The highest BCUT2D eigenvalue weighted by Crippen LogP contribution is 2.48. The molecule has 0 saturated heterocycles. The molecule has 6 nitrogen and oxygen atoms in total. The zero-order valence-electron chi connectivity index (χ0n) is 12.6. The van der Waals surface area contributed by atoms with E-state index in [1.807, 2.05) is 6.08 Å². The van der Waals surface area contributed by atoms with Crippen LogP contribution in [0.4, 0.5) is 0 Å². The lowest BCUT2D eigenvalue weighted by Crippen LogP contribution is -2.14. The van der Waals surface area contributed by atoms with Gasteiger partial charge in [0.15, 0.2) is 0 Å². The van der Waals surface area contributed by atoms with Gasteiger partial charge in [-0.05, 0) is 18.2 Å². The van der Waals surface area contributed by atoms with Crippen LogP contribution >= 0.6 is 0 Å². The average Bonchev–Trinajstić information content (AvgIpc) is 3.14. The predicted molar refractivity (Wildman–Crippen MR) is 85.6 cm³/mol. The first-order chi connectivity index (χ1) is 11.7. The van der Waals surface area contributed by atoms with Crippen molar-refractivity contribution in [3.63, 3.8) is 0 Å². The standard InChI is InChI=1S/C18H12O6/c1-21-11-7-12-13(8-5-6-22-18(8)24-12)17-15(11)16(20)14-9(19)3-2-4-10(14)23-17/h2-8,18-19H,1H3/t8-,18+/m0/s1. The van der Waals surface area contributed by atoms with Gasteiger partial charge in [-0.2, -0.15) is 0 Å². The van der Waals surface area contributed by atoms with Gasteiger partial charge in [0.25, 0.3) is 6.29 Å². The first kappa shape index (κ1) is 13.3. The highest BCUT2D eigenvalue weighted by atomic mass is 16.7. The molecule has 6 heteroatoms. The van der Waals surface area contributed by atoms with Crippen LogP contribution in [0.5, 0.6) is 17.2 Å². The van der Waals surface area contributed by atoms with Gasteiger partial charge < -0.3 is 23.7 Å². The van der Waals surface area contributed by atoms with Gasteiger partial charge in [-0.3, -0.25) is 4.79 Å². The minimum atomic E-state index is -0.458. The summed E-state index contributed by atoms with van der Waals surface area (Å²) >= 11 is 0. The second-order valence-corrected chi connectivity index (χ2v) is 5.75. The molecule has 3 aromatic rings. The maximum absolute atomic E-state index is 13.0. The molecule has 2 aliphatic heterocycles. The Kier molecular flexibility index (Phi) is 2.46. The smallest absolute Gasteiger partial charge is 0.250 e. The number of ether oxygens (including phenoxy) is 3. The van der Waals surface area contributed by atoms with Crippen LogP contribution in [-0.2, 0) is 4.74 Å². The van der Waals surface area contributed by atoms with E-state index < -0.39 is 6.29 Å². The van der Waals surface area contributed by atoms with E-state index in [4.69, 9.17) is 18.6 Å². The summed E-state index contributed by atoms with van der Waals surface area (Å²) in [6.45, 7) is 0. The van der Waals surface area contributed by atoms with E-state index in [9.17, 15) is 9.90 Å². The second-order valence-electron chi connectivity index (χ2n) is 5.75. The molecule has 1 N–H and O–H groups in total. The number of hydrogen-bond acceptors (Lipinski definition) is 6. The zero-order chi connectivity index (χ0) is 16.4. The number of hydrogen-bond donors (Lipinski definition) is 1. The summed E-state index contributed by atoms with van der Waals surface area (Å²) in [6, 6.07) is 6.40. The lowest BCUT2D eigenvalue weighted by molar-refractivity contribution is -0.00484. The minimum absolute atomic E-state index is 0.121. The van der Waals surface area contributed by atoms with Gasteiger partial charge in [0.1, 0.15) is 39.2 Å². The Balaban J connectivity index is 2.00. The Hall–Kier alpha value is -3.15. The van der Waals surface area contributed by atoms with Crippen LogP contribution in [-0.4, -0.2) is 18.5 Å². The van der Waals surface area contributed by atoms with E-state index in [1.54, 1.807) is 24.5 Å². The van der Waals surface area contributed by atoms with E-state index in [0.29, 0.717) is 22.7 Å². The van der Waals surface area contributed by atoms with E-state index in [1.165, 1.54) is 13.2 Å². The van der Waals surface area contributed by atoms with Gasteiger partial charge in [-0.25, -0.2) is 0 Å². The van der Waals surface area contributed by atoms with Crippen molar-refractivity contribution in [1.82, 2.24) is 0 Å². The lowest BCUT2D eigenvalue weighted by Gasteiger charge is -2.11. The van der Waals surface area contributed by atoms with Gasteiger partial charge in [0, 0.05) is 6.07 Å². The quantitative estimate of drug-likeness (QED) is 0.693. The van der Waals surface area contributed by atoms with Crippen LogP contribution in [0.3, 0.4) is 0 Å². The third-order valence-electron chi connectivity index (χ3n) is 4.50. The Bertz CT molecular complexity index is 1090. The summed E-state index contributed by atoms with van der Waals surface area (Å²) in [5, 5.41) is 10.5. The molecular weight excluding hydrogens is 312 g/mol. The topological polar surface area (TPSA) is 78.1 Å². The van der Waals surface area contributed by atoms with Gasteiger partial charge in [-0.15, -0.1) is 0 Å². The summed E-state index contributed by atoms with van der Waals surface area (Å²) in [7, 11) is 1.47. The molecule has 120 valence electrons. The fourth-order valence-corrected chi connectivity index (χ4v) is 3.43. The minimum Gasteiger partial charge on any atom is -0.507 e. The number of benzene rings is 2. The number of fused-ring (bicyclic) bond motifs is 6. The van der Waals surface area contributed by atoms with E-state index in [2.05, 4.69) is 0 Å². The molecular formula is C18H12O6. The summed E-state index contributed by atoms with van der Waals surface area (Å²) in [6.07, 6.45) is 2.99. The van der Waals surface area contributed by atoms with Crippen LogP contribution in [0.15, 0.2) is 45.8 Å². The normalized spacial score (nSPS) is 20.7. The van der Waals surface area contributed by atoms with Gasteiger partial charge in [0.05, 0.1) is 24.9 Å². The van der Waals surface area contributed by atoms with Crippen molar-refractivity contribution in [3.05, 3.63) is 52.4 Å². The third kappa shape index (κ3) is 1.52. The molecule has 0 aliphatic carbocycles. The maximum atomic E-state index is 13.0. The molecule has 24 heavy (non-hydrogen) atoms. The third-order valence-corrected chi connectivity index (χ3v) is 4.50. The molecule has 2 aromatic carbocycles. The fourth-order valence-electron chi connectivity index (χ4n) is 3.43. The monoisotopic (exact) mass is 324 g/mol. The molecule has 0 radical (unpaired) electrons. The molecule has 3 heterocycles. The largest absolute Gasteiger partial charge is 0.507 e. The van der Waals surface area contributed by atoms with Crippen molar-refractivity contribution in [1.29, 1.82) is 0 Å². The molecule has 0 fully saturated rings. The SMILES string of the molecule is COc1cc2c(c3oc4cccc(O)c4c(=O)c13)[C@@H]1C=CO[C@@H]1O2. The first-order valence-corrected chi connectivity index (χ1v) is 7.47. The van der Waals surface area contributed by atoms with Gasteiger partial charge >= 0.3 is 0 Å². The van der Waals surface area contributed by atoms with E-state index in [0.717, 1.165) is 5.56 Å². The predicted octanol–water partition coefficient (Wildman–Crippen LogP) is 3.01. The Morgan fingerprint density at radius 2 is 2.12 bits per heavy atom. The Morgan fingerprint density at radius 3 is 2.96 bits per heavy atom. The van der Waals surface area contributed by atoms with Crippen molar-refractivity contribution in [2.24, 2.45) is 0 Å². The average molecular weight is 324 g/mol. The highest BCUT2D eigenvalue weighted by Gasteiger charge is 2.40. The van der Waals surface area contributed by atoms with Crippen LogP contribution in [0.25, 0.3) is 21.9 Å². The highest BCUT2D eigenvalue weighted by molar-refractivity contribution is 5.98. The zero-order valence-corrected chi connectivity index (χ0v) is 12.6. The second kappa shape index (κ2) is 4.44. The summed E-state index contributed by atoms with van der Waals surface area (Å²) in [5.74, 6) is 0.642. The Morgan fingerprint density at radius 1 is 1.25 bits per heavy atom. The van der Waals surface area contributed by atoms with Crippen LogP contribution < -0.4 is 14.9 Å². The van der Waals surface area contributed by atoms with Crippen molar-refractivity contribution in [3.8, 4) is 17.2 Å². The number of methoxy groups -OCH3 is 1. The Labute approximate surface area is 135 Å². The summed E-state index contributed by atoms with van der Waals surface area (Å²) in [5.41, 5.74) is 1.13. The number of aromatic hydroxyl groups is 1. The summed E-state index contributed by atoms with van der Waals surface area (Å²) in [4.78, 5) is 13.0. The van der Waals surface area contributed by atoms with Gasteiger partial charge in [-0.1, -0.05) is 6.07 Å². The molecule has 5 rings (SSSR count). The molecule has 2 atom stereocenters. The molecule has 0 saturated carbocycles. The fraction of sp³-hybridized carbons (Fsp3) is 0.167. The molecule has 0 spiro atoms. The van der Waals surface area contributed by atoms with Crippen LogP contribution in [0, 0.1) is 0 Å². The lowest BCUT2D eigenvalue weighted by atomic mass is 9.97. The van der Waals surface area contributed by atoms with Gasteiger partial charge in [0.2, 0.25) is 5.43 Å². The number of phenolic OH excluding ortho intramolecular Hbond substituents is 1. The molecule has 0 bridgehead atoms. The van der Waals surface area contributed by atoms with Crippen molar-refractivity contribution < 1.29 is 23.7 Å².